The number of carboxylic acids is 1. The molecule has 0 heterocycles. The van der Waals surface area contributed by atoms with Crippen molar-refractivity contribution < 1.29 is 19.5 Å². The lowest BCUT2D eigenvalue weighted by Crippen LogP contribution is -2.36. The first kappa shape index (κ1) is 16.7. The topological polar surface area (TPSA) is 95.5 Å². The lowest BCUT2D eigenvalue weighted by atomic mass is 9.96. The number of hydrogen-bond donors (Lipinski definition) is 3. The largest absolute Gasteiger partial charge is 0.478 e. The predicted molar refractivity (Wildman–Crippen MR) is 79.1 cm³/mol. The summed E-state index contributed by atoms with van der Waals surface area (Å²) in [4.78, 5) is 34.2. The maximum Gasteiger partial charge on any atom is 0.335 e. The van der Waals surface area contributed by atoms with Gasteiger partial charge in [0.15, 0.2) is 0 Å². The number of amides is 2. The highest BCUT2D eigenvalue weighted by molar-refractivity contribution is 5.94. The van der Waals surface area contributed by atoms with Gasteiger partial charge in [0.05, 0.1) is 5.56 Å². The third-order valence-corrected chi connectivity index (χ3v) is 2.71. The minimum absolute atomic E-state index is 0.105. The second kappa shape index (κ2) is 6.88. The van der Waals surface area contributed by atoms with E-state index in [1.165, 1.54) is 12.1 Å². The van der Waals surface area contributed by atoms with Crippen molar-refractivity contribution in [3.8, 4) is 0 Å². The zero-order valence-electron chi connectivity index (χ0n) is 12.4. The molecule has 6 heteroatoms. The van der Waals surface area contributed by atoms with Gasteiger partial charge >= 0.3 is 5.97 Å². The first-order valence-electron chi connectivity index (χ1n) is 6.61. The summed E-state index contributed by atoms with van der Waals surface area (Å²) in [7, 11) is 0. The van der Waals surface area contributed by atoms with E-state index < -0.39 is 11.4 Å². The number of nitrogens with one attached hydrogen (secondary N) is 2. The lowest BCUT2D eigenvalue weighted by Gasteiger charge is -2.17. The summed E-state index contributed by atoms with van der Waals surface area (Å²) < 4.78 is 0. The number of carbonyl (C=O) groups excluding carboxylic acids is 2. The van der Waals surface area contributed by atoms with Crippen LogP contribution in [0.2, 0.25) is 0 Å². The van der Waals surface area contributed by atoms with Crippen LogP contribution in [0.25, 0.3) is 0 Å². The monoisotopic (exact) mass is 292 g/mol. The molecule has 3 N–H and O–H groups in total. The highest BCUT2D eigenvalue weighted by atomic mass is 16.4. The van der Waals surface area contributed by atoms with Crippen molar-refractivity contribution in [1.29, 1.82) is 0 Å². The number of rotatable bonds is 5. The van der Waals surface area contributed by atoms with Gasteiger partial charge in [-0.3, -0.25) is 9.59 Å². The quantitative estimate of drug-likeness (QED) is 0.772. The Hall–Kier alpha value is -2.37. The molecule has 1 aromatic rings. The molecule has 0 bridgehead atoms. The van der Waals surface area contributed by atoms with Crippen LogP contribution in [0.15, 0.2) is 24.3 Å². The van der Waals surface area contributed by atoms with Crippen molar-refractivity contribution in [2.45, 2.75) is 27.2 Å². The van der Waals surface area contributed by atoms with Gasteiger partial charge in [-0.1, -0.05) is 26.8 Å². The van der Waals surface area contributed by atoms with Crippen LogP contribution >= 0.6 is 0 Å². The number of carboxylic acid groups (broad SMARTS) is 1. The van der Waals surface area contributed by atoms with Crippen molar-refractivity contribution in [2.24, 2.45) is 5.41 Å². The molecule has 0 atom stereocenters. The Labute approximate surface area is 123 Å². The Morgan fingerprint density at radius 2 is 1.86 bits per heavy atom. The van der Waals surface area contributed by atoms with Crippen LogP contribution in [0.1, 0.15) is 37.6 Å². The van der Waals surface area contributed by atoms with Crippen LogP contribution in [0.3, 0.4) is 0 Å². The summed E-state index contributed by atoms with van der Waals surface area (Å²) >= 11 is 0. The van der Waals surface area contributed by atoms with Gasteiger partial charge < -0.3 is 15.7 Å². The number of hydrogen-bond acceptors (Lipinski definition) is 3. The van der Waals surface area contributed by atoms with E-state index in [1.54, 1.807) is 32.9 Å². The predicted octanol–water partition coefficient (Wildman–Crippen LogP) is 1.88. The highest BCUT2D eigenvalue weighted by Gasteiger charge is 2.20. The van der Waals surface area contributed by atoms with E-state index in [-0.39, 0.29) is 30.3 Å². The maximum absolute atomic E-state index is 11.7. The fourth-order valence-corrected chi connectivity index (χ4v) is 1.51. The first-order valence-corrected chi connectivity index (χ1v) is 6.61. The van der Waals surface area contributed by atoms with Crippen LogP contribution in [0.5, 0.6) is 0 Å². The van der Waals surface area contributed by atoms with E-state index in [2.05, 4.69) is 10.6 Å². The first-order chi connectivity index (χ1) is 9.70. The molecular formula is C15H20N2O4. The molecule has 0 aliphatic rings. The molecule has 6 nitrogen and oxygen atoms in total. The third kappa shape index (κ3) is 5.64. The Balaban J connectivity index is 2.46. The van der Waals surface area contributed by atoms with E-state index in [9.17, 15) is 14.4 Å². The Morgan fingerprint density at radius 1 is 1.19 bits per heavy atom. The van der Waals surface area contributed by atoms with Gasteiger partial charge in [0.2, 0.25) is 11.8 Å². The van der Waals surface area contributed by atoms with E-state index in [0.717, 1.165) is 0 Å². The molecule has 21 heavy (non-hydrogen) atoms. The van der Waals surface area contributed by atoms with Crippen LogP contribution in [0.4, 0.5) is 5.69 Å². The summed E-state index contributed by atoms with van der Waals surface area (Å²) in [5, 5.41) is 14.1. The normalized spacial score (nSPS) is 10.8. The fraction of sp³-hybridized carbons (Fsp3) is 0.400. The van der Waals surface area contributed by atoms with Crippen molar-refractivity contribution in [3.05, 3.63) is 29.8 Å². The van der Waals surface area contributed by atoms with Gasteiger partial charge in [0.1, 0.15) is 0 Å². The molecular weight excluding hydrogens is 272 g/mol. The molecule has 0 aliphatic heterocycles. The minimum atomic E-state index is -1.05. The molecule has 0 saturated carbocycles. The van der Waals surface area contributed by atoms with Crippen LogP contribution in [0, 0.1) is 5.41 Å². The molecule has 0 unspecified atom stereocenters. The molecule has 0 radical (unpaired) electrons. The minimum Gasteiger partial charge on any atom is -0.478 e. The number of carbonyl (C=O) groups is 3. The number of benzene rings is 1. The summed E-state index contributed by atoms with van der Waals surface area (Å²) in [6, 6.07) is 5.99. The lowest BCUT2D eigenvalue weighted by molar-refractivity contribution is -0.128. The zero-order chi connectivity index (χ0) is 16.0. The third-order valence-electron chi connectivity index (χ3n) is 2.71. The smallest absolute Gasteiger partial charge is 0.335 e. The molecule has 114 valence electrons. The molecule has 1 aromatic carbocycles. The van der Waals surface area contributed by atoms with E-state index in [4.69, 9.17) is 5.11 Å². The summed E-state index contributed by atoms with van der Waals surface area (Å²) in [5.74, 6) is -1.46. The maximum atomic E-state index is 11.7. The highest BCUT2D eigenvalue weighted by Crippen LogP contribution is 2.13. The SMILES string of the molecule is CC(C)(C)C(=O)NCCC(=O)Nc1cccc(C(=O)O)c1. The molecule has 0 fully saturated rings. The van der Waals surface area contributed by atoms with E-state index >= 15 is 0 Å². The van der Waals surface area contributed by atoms with Crippen LogP contribution in [-0.4, -0.2) is 29.4 Å². The Kier molecular flexibility index (Phi) is 5.46. The van der Waals surface area contributed by atoms with Gasteiger partial charge in [-0.15, -0.1) is 0 Å². The standard InChI is InChI=1S/C15H20N2O4/c1-15(2,3)14(21)16-8-7-12(18)17-11-6-4-5-10(9-11)13(19)20/h4-6,9H,7-8H2,1-3H3,(H,16,21)(H,17,18)(H,19,20). The van der Waals surface area contributed by atoms with Crippen molar-refractivity contribution in [2.75, 3.05) is 11.9 Å². The summed E-state index contributed by atoms with van der Waals surface area (Å²) in [6.45, 7) is 5.61. The van der Waals surface area contributed by atoms with E-state index in [0.29, 0.717) is 5.69 Å². The fourth-order valence-electron chi connectivity index (χ4n) is 1.51. The van der Waals surface area contributed by atoms with Gasteiger partial charge in [0.25, 0.3) is 0 Å². The molecule has 2 amide bonds. The van der Waals surface area contributed by atoms with Crippen LogP contribution in [-0.2, 0) is 9.59 Å². The second-order valence-electron chi connectivity index (χ2n) is 5.69. The molecule has 1 rings (SSSR count). The number of anilines is 1. The Bertz CT molecular complexity index is 547. The number of aromatic carboxylic acids is 1. The van der Waals surface area contributed by atoms with Gasteiger partial charge in [-0.25, -0.2) is 4.79 Å². The van der Waals surface area contributed by atoms with Crippen molar-refractivity contribution in [1.82, 2.24) is 5.32 Å². The average molecular weight is 292 g/mol. The van der Waals surface area contributed by atoms with Crippen LogP contribution < -0.4 is 10.6 Å². The molecule has 0 aromatic heterocycles. The van der Waals surface area contributed by atoms with Gasteiger partial charge in [-0.2, -0.15) is 0 Å². The van der Waals surface area contributed by atoms with Gasteiger partial charge in [0, 0.05) is 24.1 Å². The van der Waals surface area contributed by atoms with E-state index in [1.807, 2.05) is 0 Å². The van der Waals surface area contributed by atoms with Gasteiger partial charge in [-0.05, 0) is 18.2 Å². The Morgan fingerprint density at radius 3 is 2.43 bits per heavy atom. The summed E-state index contributed by atoms with van der Waals surface area (Å²) in [5.41, 5.74) is 0.0302. The molecule has 0 aliphatic carbocycles. The average Bonchev–Trinajstić information content (AvgIpc) is 2.37. The van der Waals surface area contributed by atoms with Crippen molar-refractivity contribution in [3.63, 3.8) is 0 Å². The summed E-state index contributed by atoms with van der Waals surface area (Å²) in [6.07, 6.45) is 0.124. The molecule has 0 spiro atoms. The molecule has 0 saturated heterocycles. The zero-order valence-corrected chi connectivity index (χ0v) is 12.4. The van der Waals surface area contributed by atoms with Crippen molar-refractivity contribution >= 4 is 23.5 Å². The second-order valence-corrected chi connectivity index (χ2v) is 5.69.